The quantitative estimate of drug-likeness (QED) is 0.830. The van der Waals surface area contributed by atoms with Crippen LogP contribution in [-0.4, -0.2) is 30.5 Å². The van der Waals surface area contributed by atoms with Crippen molar-refractivity contribution < 1.29 is 14.6 Å². The Balaban J connectivity index is 2.90. The summed E-state index contributed by atoms with van der Waals surface area (Å²) in [5, 5.41) is 13.5. The lowest BCUT2D eigenvalue weighted by atomic mass is 9.86. The highest BCUT2D eigenvalue weighted by Gasteiger charge is 2.34. The molecule has 0 aliphatic rings. The first-order valence-electron chi connectivity index (χ1n) is 6.40. The number of nitrogens with one attached hydrogen (secondary N) is 1. The zero-order valence-electron chi connectivity index (χ0n) is 12.7. The van der Waals surface area contributed by atoms with Gasteiger partial charge in [-0.1, -0.05) is 12.1 Å². The molecule has 0 aromatic heterocycles. The highest BCUT2D eigenvalue weighted by Crippen LogP contribution is 2.31. The summed E-state index contributed by atoms with van der Waals surface area (Å²) in [5.74, 6) is 1.44. The Morgan fingerprint density at radius 2 is 1.74 bits per heavy atom. The van der Waals surface area contributed by atoms with E-state index in [0.717, 1.165) is 11.3 Å². The summed E-state index contributed by atoms with van der Waals surface area (Å²) in [4.78, 5) is 0. The fourth-order valence-electron chi connectivity index (χ4n) is 1.63. The number of rotatable bonds is 6. The van der Waals surface area contributed by atoms with Crippen molar-refractivity contribution in [2.75, 3.05) is 14.2 Å². The van der Waals surface area contributed by atoms with Crippen molar-refractivity contribution in [3.8, 4) is 11.5 Å². The predicted molar refractivity (Wildman–Crippen MR) is 76.8 cm³/mol. The van der Waals surface area contributed by atoms with E-state index in [4.69, 9.17) is 9.47 Å². The van der Waals surface area contributed by atoms with E-state index in [1.807, 2.05) is 32.0 Å². The van der Waals surface area contributed by atoms with Crippen LogP contribution in [0.5, 0.6) is 11.5 Å². The third-order valence-electron chi connectivity index (χ3n) is 3.73. The van der Waals surface area contributed by atoms with Crippen molar-refractivity contribution in [3.05, 3.63) is 23.8 Å². The van der Waals surface area contributed by atoms with Crippen LogP contribution in [0.3, 0.4) is 0 Å². The first-order valence-corrected chi connectivity index (χ1v) is 6.40. The molecule has 1 aromatic carbocycles. The van der Waals surface area contributed by atoms with E-state index in [0.29, 0.717) is 12.3 Å². The van der Waals surface area contributed by atoms with Gasteiger partial charge in [0.15, 0.2) is 11.5 Å². The van der Waals surface area contributed by atoms with Gasteiger partial charge in [-0.25, -0.2) is 0 Å². The summed E-state index contributed by atoms with van der Waals surface area (Å²) in [6, 6.07) is 5.77. The molecular formula is C15H25NO3. The third kappa shape index (κ3) is 3.61. The second-order valence-electron chi connectivity index (χ2n) is 5.69. The van der Waals surface area contributed by atoms with Crippen LogP contribution in [0.15, 0.2) is 18.2 Å². The maximum absolute atomic E-state index is 10.1. The molecule has 0 radical (unpaired) electrons. The van der Waals surface area contributed by atoms with Gasteiger partial charge in [0.25, 0.3) is 0 Å². The van der Waals surface area contributed by atoms with Crippen LogP contribution in [0.2, 0.25) is 0 Å². The Hall–Kier alpha value is -1.26. The molecule has 0 amide bonds. The van der Waals surface area contributed by atoms with Crippen molar-refractivity contribution in [2.24, 2.45) is 0 Å². The van der Waals surface area contributed by atoms with E-state index in [-0.39, 0.29) is 0 Å². The zero-order chi connectivity index (χ0) is 14.7. The normalized spacial score (nSPS) is 12.4. The van der Waals surface area contributed by atoms with E-state index in [1.165, 1.54) is 0 Å². The molecule has 4 heteroatoms. The number of benzene rings is 1. The fraction of sp³-hybridized carbons (Fsp3) is 0.600. The van der Waals surface area contributed by atoms with Crippen molar-refractivity contribution in [3.63, 3.8) is 0 Å². The molecule has 1 rings (SSSR count). The standard InChI is InChI=1S/C15H25NO3/c1-14(2,15(3,4)17)16-10-11-8-7-9-12(18-5)13(11)19-6/h7-9,16-17H,10H2,1-6H3. The van der Waals surface area contributed by atoms with Crippen LogP contribution in [0.4, 0.5) is 0 Å². The minimum absolute atomic E-state index is 0.416. The van der Waals surface area contributed by atoms with Gasteiger partial charge in [0.1, 0.15) is 0 Å². The highest BCUT2D eigenvalue weighted by atomic mass is 16.5. The van der Waals surface area contributed by atoms with E-state index in [9.17, 15) is 5.11 Å². The topological polar surface area (TPSA) is 50.7 Å². The minimum Gasteiger partial charge on any atom is -0.493 e. The molecule has 0 unspecified atom stereocenters. The smallest absolute Gasteiger partial charge is 0.165 e. The van der Waals surface area contributed by atoms with Gasteiger partial charge in [-0.2, -0.15) is 0 Å². The summed E-state index contributed by atoms with van der Waals surface area (Å²) in [6.07, 6.45) is 0. The molecule has 0 fully saturated rings. The average molecular weight is 267 g/mol. The average Bonchev–Trinajstić information content (AvgIpc) is 2.34. The van der Waals surface area contributed by atoms with Crippen LogP contribution in [0.25, 0.3) is 0 Å². The Labute approximate surface area is 115 Å². The number of ether oxygens (including phenoxy) is 2. The van der Waals surface area contributed by atoms with Crippen molar-refractivity contribution in [1.29, 1.82) is 0 Å². The molecule has 19 heavy (non-hydrogen) atoms. The van der Waals surface area contributed by atoms with Gasteiger partial charge < -0.3 is 19.9 Å². The van der Waals surface area contributed by atoms with Crippen LogP contribution < -0.4 is 14.8 Å². The Morgan fingerprint density at radius 1 is 1.11 bits per heavy atom. The predicted octanol–water partition coefficient (Wildman–Crippen LogP) is 2.34. The molecule has 0 heterocycles. The Bertz CT molecular complexity index is 422. The summed E-state index contributed by atoms with van der Waals surface area (Å²) < 4.78 is 10.7. The van der Waals surface area contributed by atoms with Gasteiger partial charge in [-0.15, -0.1) is 0 Å². The molecule has 1 aromatic rings. The van der Waals surface area contributed by atoms with Gasteiger partial charge in [-0.05, 0) is 33.8 Å². The Kier molecular flexibility index (Phi) is 4.82. The molecule has 0 spiro atoms. The molecule has 0 bridgehead atoms. The molecule has 0 aliphatic carbocycles. The third-order valence-corrected chi connectivity index (χ3v) is 3.73. The molecular weight excluding hydrogens is 242 g/mol. The van der Waals surface area contributed by atoms with E-state index >= 15 is 0 Å². The molecule has 4 nitrogen and oxygen atoms in total. The summed E-state index contributed by atoms with van der Waals surface area (Å²) in [6.45, 7) is 8.13. The first-order chi connectivity index (χ1) is 8.73. The van der Waals surface area contributed by atoms with Crippen molar-refractivity contribution >= 4 is 0 Å². The summed E-state index contributed by atoms with van der Waals surface area (Å²) in [7, 11) is 3.25. The lowest BCUT2D eigenvalue weighted by Gasteiger charge is -2.38. The number of hydrogen-bond donors (Lipinski definition) is 2. The monoisotopic (exact) mass is 267 g/mol. The van der Waals surface area contributed by atoms with E-state index < -0.39 is 11.1 Å². The largest absolute Gasteiger partial charge is 0.493 e. The summed E-state index contributed by atoms with van der Waals surface area (Å²) >= 11 is 0. The summed E-state index contributed by atoms with van der Waals surface area (Å²) in [5.41, 5.74) is -0.237. The van der Waals surface area contributed by atoms with Gasteiger partial charge in [0, 0.05) is 17.6 Å². The van der Waals surface area contributed by atoms with Gasteiger partial charge >= 0.3 is 0 Å². The van der Waals surface area contributed by atoms with Crippen LogP contribution in [0, 0.1) is 0 Å². The SMILES string of the molecule is COc1cccc(CNC(C)(C)C(C)(C)O)c1OC. The maximum atomic E-state index is 10.1. The number of hydrogen-bond acceptors (Lipinski definition) is 4. The zero-order valence-corrected chi connectivity index (χ0v) is 12.7. The second-order valence-corrected chi connectivity index (χ2v) is 5.69. The molecule has 0 saturated carbocycles. The molecule has 0 atom stereocenters. The number of aliphatic hydroxyl groups is 1. The van der Waals surface area contributed by atoms with Crippen molar-refractivity contribution in [2.45, 2.75) is 45.4 Å². The van der Waals surface area contributed by atoms with Crippen LogP contribution in [-0.2, 0) is 6.54 Å². The lowest BCUT2D eigenvalue weighted by molar-refractivity contribution is -0.00540. The Morgan fingerprint density at radius 3 is 2.21 bits per heavy atom. The van der Waals surface area contributed by atoms with Gasteiger partial charge in [0.2, 0.25) is 0 Å². The van der Waals surface area contributed by atoms with Crippen LogP contribution in [0.1, 0.15) is 33.3 Å². The molecule has 0 aliphatic heterocycles. The highest BCUT2D eigenvalue weighted by molar-refractivity contribution is 5.46. The maximum Gasteiger partial charge on any atom is 0.165 e. The fourth-order valence-corrected chi connectivity index (χ4v) is 1.63. The second kappa shape index (κ2) is 5.80. The number of methoxy groups -OCH3 is 2. The van der Waals surface area contributed by atoms with Crippen molar-refractivity contribution in [1.82, 2.24) is 5.32 Å². The van der Waals surface area contributed by atoms with Gasteiger partial charge in [0.05, 0.1) is 19.8 Å². The molecule has 0 saturated heterocycles. The first kappa shape index (κ1) is 15.8. The number of para-hydroxylation sites is 1. The minimum atomic E-state index is -0.820. The van der Waals surface area contributed by atoms with E-state index in [2.05, 4.69) is 5.32 Å². The molecule has 2 N–H and O–H groups in total. The van der Waals surface area contributed by atoms with Gasteiger partial charge in [-0.3, -0.25) is 0 Å². The lowest BCUT2D eigenvalue weighted by Crippen LogP contribution is -2.55. The molecule has 108 valence electrons. The van der Waals surface area contributed by atoms with E-state index in [1.54, 1.807) is 28.1 Å². The van der Waals surface area contributed by atoms with Crippen LogP contribution >= 0.6 is 0 Å².